The molecule has 1 heterocycles. The number of aromatic nitrogens is 1. The highest BCUT2D eigenvalue weighted by Crippen LogP contribution is 2.27. The van der Waals surface area contributed by atoms with Crippen molar-refractivity contribution in [1.29, 1.82) is 0 Å². The first-order valence-corrected chi connectivity index (χ1v) is 8.69. The standard InChI is InChI=1S/C20H21ClN2O2/c1-3-23-18-9-13(2)7-8-16(18)17(19(23)20(24)25)12-22-11-14-5-4-6-15(21)10-14/h4-10,22H,3,11-12H2,1-2H3,(H,24,25). The second-order valence-corrected chi connectivity index (χ2v) is 6.57. The molecule has 0 bridgehead atoms. The Labute approximate surface area is 152 Å². The van der Waals surface area contributed by atoms with Crippen LogP contribution in [0.25, 0.3) is 10.9 Å². The number of halogens is 1. The van der Waals surface area contributed by atoms with Crippen LogP contribution in [0.2, 0.25) is 5.02 Å². The van der Waals surface area contributed by atoms with Gasteiger partial charge in [0, 0.05) is 41.1 Å². The first kappa shape index (κ1) is 17.5. The minimum absolute atomic E-state index is 0.363. The number of hydrogen-bond donors (Lipinski definition) is 2. The number of aromatic carboxylic acids is 1. The van der Waals surface area contributed by atoms with Crippen LogP contribution in [-0.4, -0.2) is 15.6 Å². The summed E-state index contributed by atoms with van der Waals surface area (Å²) in [5.41, 5.74) is 4.35. The molecule has 0 aliphatic rings. The monoisotopic (exact) mass is 356 g/mol. The SMILES string of the molecule is CCn1c(C(=O)O)c(CNCc2cccc(Cl)c2)c2ccc(C)cc21. The fourth-order valence-corrected chi connectivity index (χ4v) is 3.47. The highest BCUT2D eigenvalue weighted by atomic mass is 35.5. The third kappa shape index (κ3) is 3.55. The second kappa shape index (κ2) is 7.30. The molecule has 1 aromatic heterocycles. The Morgan fingerprint density at radius 2 is 2.00 bits per heavy atom. The molecule has 0 unspecified atom stereocenters. The quantitative estimate of drug-likeness (QED) is 0.678. The number of carbonyl (C=O) groups is 1. The lowest BCUT2D eigenvalue weighted by Crippen LogP contribution is -2.16. The van der Waals surface area contributed by atoms with Gasteiger partial charge in [0.05, 0.1) is 0 Å². The van der Waals surface area contributed by atoms with Gasteiger partial charge < -0.3 is 15.0 Å². The molecule has 0 aliphatic heterocycles. The van der Waals surface area contributed by atoms with E-state index in [1.165, 1.54) is 0 Å². The second-order valence-electron chi connectivity index (χ2n) is 6.13. The molecular formula is C20H21ClN2O2. The summed E-state index contributed by atoms with van der Waals surface area (Å²) in [6.07, 6.45) is 0. The third-order valence-corrected chi connectivity index (χ3v) is 4.60. The van der Waals surface area contributed by atoms with Crippen molar-refractivity contribution >= 4 is 28.5 Å². The molecule has 0 radical (unpaired) electrons. The molecule has 0 saturated heterocycles. The van der Waals surface area contributed by atoms with E-state index in [9.17, 15) is 9.90 Å². The van der Waals surface area contributed by atoms with Gasteiger partial charge in [0.1, 0.15) is 5.69 Å². The maximum Gasteiger partial charge on any atom is 0.352 e. The van der Waals surface area contributed by atoms with Crippen LogP contribution in [0, 0.1) is 6.92 Å². The Bertz CT molecular complexity index is 931. The van der Waals surface area contributed by atoms with Crippen LogP contribution in [-0.2, 0) is 19.6 Å². The summed E-state index contributed by atoms with van der Waals surface area (Å²) in [5, 5.41) is 14.8. The first-order valence-electron chi connectivity index (χ1n) is 8.31. The van der Waals surface area contributed by atoms with Gasteiger partial charge >= 0.3 is 5.97 Å². The van der Waals surface area contributed by atoms with Crippen molar-refractivity contribution in [1.82, 2.24) is 9.88 Å². The summed E-state index contributed by atoms with van der Waals surface area (Å²) < 4.78 is 1.88. The van der Waals surface area contributed by atoms with Crippen LogP contribution < -0.4 is 5.32 Å². The van der Waals surface area contributed by atoms with E-state index in [0.29, 0.717) is 30.4 Å². The van der Waals surface area contributed by atoms with Gasteiger partial charge in [-0.05, 0) is 43.2 Å². The Hall–Kier alpha value is -2.30. The Morgan fingerprint density at radius 1 is 1.20 bits per heavy atom. The molecular weight excluding hydrogens is 336 g/mol. The summed E-state index contributed by atoms with van der Waals surface area (Å²) in [7, 11) is 0. The number of aryl methyl sites for hydroxylation is 2. The van der Waals surface area contributed by atoms with Crippen LogP contribution in [0.5, 0.6) is 0 Å². The number of rotatable bonds is 6. The number of hydrogen-bond acceptors (Lipinski definition) is 2. The van der Waals surface area contributed by atoms with Crippen LogP contribution in [0.15, 0.2) is 42.5 Å². The van der Waals surface area contributed by atoms with Crippen molar-refractivity contribution in [2.45, 2.75) is 33.5 Å². The average Bonchev–Trinajstić information content (AvgIpc) is 2.88. The van der Waals surface area contributed by atoms with Crippen molar-refractivity contribution in [3.8, 4) is 0 Å². The van der Waals surface area contributed by atoms with E-state index in [1.54, 1.807) is 0 Å². The summed E-state index contributed by atoms with van der Waals surface area (Å²) in [4.78, 5) is 11.9. The van der Waals surface area contributed by atoms with E-state index in [4.69, 9.17) is 11.6 Å². The van der Waals surface area contributed by atoms with E-state index < -0.39 is 5.97 Å². The first-order chi connectivity index (χ1) is 12.0. The summed E-state index contributed by atoms with van der Waals surface area (Å²) in [5.74, 6) is -0.893. The van der Waals surface area contributed by atoms with Crippen LogP contribution >= 0.6 is 11.6 Å². The van der Waals surface area contributed by atoms with Crippen molar-refractivity contribution in [2.24, 2.45) is 0 Å². The molecule has 0 amide bonds. The number of carboxylic acids is 1. The molecule has 2 aromatic carbocycles. The molecule has 5 heteroatoms. The molecule has 3 rings (SSSR count). The molecule has 130 valence electrons. The van der Waals surface area contributed by atoms with E-state index in [1.807, 2.05) is 60.9 Å². The number of benzene rings is 2. The zero-order valence-corrected chi connectivity index (χ0v) is 15.1. The zero-order chi connectivity index (χ0) is 18.0. The molecule has 2 N–H and O–H groups in total. The fourth-order valence-electron chi connectivity index (χ4n) is 3.26. The largest absolute Gasteiger partial charge is 0.477 e. The summed E-state index contributed by atoms with van der Waals surface area (Å²) in [6, 6.07) is 13.7. The average molecular weight is 357 g/mol. The van der Waals surface area contributed by atoms with E-state index in [2.05, 4.69) is 5.32 Å². The highest BCUT2D eigenvalue weighted by molar-refractivity contribution is 6.30. The lowest BCUT2D eigenvalue weighted by Gasteiger charge is -2.08. The Balaban J connectivity index is 1.94. The number of nitrogens with zero attached hydrogens (tertiary/aromatic N) is 1. The molecule has 0 atom stereocenters. The van der Waals surface area contributed by atoms with Crippen LogP contribution in [0.4, 0.5) is 0 Å². The van der Waals surface area contributed by atoms with Gasteiger partial charge in [-0.15, -0.1) is 0 Å². The van der Waals surface area contributed by atoms with Crippen molar-refractivity contribution in [2.75, 3.05) is 0 Å². The zero-order valence-electron chi connectivity index (χ0n) is 14.3. The van der Waals surface area contributed by atoms with Crippen molar-refractivity contribution < 1.29 is 9.90 Å². The molecule has 0 spiro atoms. The lowest BCUT2D eigenvalue weighted by molar-refractivity contribution is 0.0684. The molecule has 4 nitrogen and oxygen atoms in total. The predicted molar refractivity (Wildman–Crippen MR) is 101 cm³/mol. The molecule has 0 saturated carbocycles. The number of nitrogens with one attached hydrogen (secondary N) is 1. The summed E-state index contributed by atoms with van der Waals surface area (Å²) >= 11 is 6.01. The fraction of sp³-hybridized carbons (Fsp3) is 0.250. The topological polar surface area (TPSA) is 54.3 Å². The van der Waals surface area contributed by atoms with Gasteiger partial charge in [-0.3, -0.25) is 0 Å². The van der Waals surface area contributed by atoms with E-state index in [0.717, 1.165) is 27.6 Å². The van der Waals surface area contributed by atoms with Crippen LogP contribution in [0.1, 0.15) is 34.1 Å². The van der Waals surface area contributed by atoms with Gasteiger partial charge in [0.25, 0.3) is 0 Å². The van der Waals surface area contributed by atoms with Crippen molar-refractivity contribution in [3.05, 3.63) is 69.9 Å². The van der Waals surface area contributed by atoms with Gasteiger partial charge in [-0.2, -0.15) is 0 Å². The highest BCUT2D eigenvalue weighted by Gasteiger charge is 2.21. The maximum atomic E-state index is 11.9. The normalized spacial score (nSPS) is 11.2. The van der Waals surface area contributed by atoms with Crippen LogP contribution in [0.3, 0.4) is 0 Å². The van der Waals surface area contributed by atoms with E-state index in [-0.39, 0.29) is 0 Å². The molecule has 3 aromatic rings. The summed E-state index contributed by atoms with van der Waals surface area (Å²) in [6.45, 7) is 5.72. The van der Waals surface area contributed by atoms with Crippen molar-refractivity contribution in [3.63, 3.8) is 0 Å². The van der Waals surface area contributed by atoms with Gasteiger partial charge in [0.15, 0.2) is 0 Å². The Morgan fingerprint density at radius 3 is 2.68 bits per heavy atom. The third-order valence-electron chi connectivity index (χ3n) is 4.36. The van der Waals surface area contributed by atoms with Gasteiger partial charge in [0.2, 0.25) is 0 Å². The minimum Gasteiger partial charge on any atom is -0.477 e. The number of fused-ring (bicyclic) bond motifs is 1. The molecule has 0 fully saturated rings. The predicted octanol–water partition coefficient (Wildman–Crippen LogP) is 4.61. The van der Waals surface area contributed by atoms with E-state index >= 15 is 0 Å². The smallest absolute Gasteiger partial charge is 0.352 e. The van der Waals surface area contributed by atoms with Gasteiger partial charge in [-0.1, -0.05) is 35.9 Å². The maximum absolute atomic E-state index is 11.9. The molecule has 25 heavy (non-hydrogen) atoms. The lowest BCUT2D eigenvalue weighted by atomic mass is 10.1. The van der Waals surface area contributed by atoms with Gasteiger partial charge in [-0.25, -0.2) is 4.79 Å². The number of carboxylic acid groups (broad SMARTS) is 1. The molecule has 0 aliphatic carbocycles. The Kier molecular flexibility index (Phi) is 5.11. The minimum atomic E-state index is -0.893.